The second-order valence-corrected chi connectivity index (χ2v) is 6.73. The van der Waals surface area contributed by atoms with E-state index in [9.17, 15) is 14.7 Å². The Balaban J connectivity index is 1.89. The smallest absolute Gasteiger partial charge is 0.340 e. The van der Waals surface area contributed by atoms with E-state index in [2.05, 4.69) is 10.5 Å². The zero-order valence-corrected chi connectivity index (χ0v) is 17.8. The minimum atomic E-state index is -1.21. The molecule has 0 radical (unpaired) electrons. The summed E-state index contributed by atoms with van der Waals surface area (Å²) in [4.78, 5) is 23.5. The molecule has 0 fully saturated rings. The zero-order chi connectivity index (χ0) is 22.1. The number of carboxylic acid groups (broad SMARTS) is 1. The lowest BCUT2D eigenvalue weighted by atomic mass is 10.1. The number of carbonyl (C=O) groups is 2. The fourth-order valence-corrected chi connectivity index (χ4v) is 2.97. The third-order valence-electron chi connectivity index (χ3n) is 3.88. The Morgan fingerprint density at radius 2 is 1.87 bits per heavy atom. The van der Waals surface area contributed by atoms with E-state index in [0.29, 0.717) is 22.2 Å². The number of benzene rings is 2. The minimum Gasteiger partial charge on any atom is -0.493 e. The maximum absolute atomic E-state index is 11.9. The molecule has 0 spiro atoms. The van der Waals surface area contributed by atoms with Crippen LogP contribution in [0.2, 0.25) is 10.0 Å². The van der Waals surface area contributed by atoms with Gasteiger partial charge in [-0.25, -0.2) is 10.2 Å². The Morgan fingerprint density at radius 1 is 1.13 bits per heavy atom. The van der Waals surface area contributed by atoms with Crippen LogP contribution < -0.4 is 19.6 Å². The lowest BCUT2D eigenvalue weighted by Crippen LogP contribution is -2.18. The van der Waals surface area contributed by atoms with Gasteiger partial charge in [-0.05, 0) is 36.8 Å². The van der Waals surface area contributed by atoms with Gasteiger partial charge in [0.15, 0.2) is 11.5 Å². The summed E-state index contributed by atoms with van der Waals surface area (Å²) in [6.45, 7) is 0.275. The van der Waals surface area contributed by atoms with E-state index in [1.54, 1.807) is 24.3 Å². The SMILES string of the molecule is COc1ccc(/C=N\NC(=O)CCCOc2ccc(Cl)cc2Cl)c(C(=O)O)c1OC. The molecular formula is C20H20Cl2N2O6. The summed E-state index contributed by atoms with van der Waals surface area (Å²) in [5, 5.41) is 14.2. The maximum Gasteiger partial charge on any atom is 0.340 e. The fraction of sp³-hybridized carbons (Fsp3) is 0.250. The third-order valence-corrected chi connectivity index (χ3v) is 4.41. The largest absolute Gasteiger partial charge is 0.493 e. The van der Waals surface area contributed by atoms with Crippen molar-refractivity contribution < 1.29 is 28.9 Å². The lowest BCUT2D eigenvalue weighted by Gasteiger charge is -2.12. The Hall–Kier alpha value is -2.97. The first-order valence-electron chi connectivity index (χ1n) is 8.75. The molecule has 0 aliphatic heterocycles. The minimum absolute atomic E-state index is 0.0679. The lowest BCUT2D eigenvalue weighted by molar-refractivity contribution is -0.121. The number of carbonyl (C=O) groups excluding carboxylic acids is 1. The van der Waals surface area contributed by atoms with Crippen molar-refractivity contribution in [2.75, 3.05) is 20.8 Å². The van der Waals surface area contributed by atoms with Crippen molar-refractivity contribution in [3.05, 3.63) is 51.5 Å². The van der Waals surface area contributed by atoms with Gasteiger partial charge in [-0.3, -0.25) is 4.79 Å². The van der Waals surface area contributed by atoms with Gasteiger partial charge in [0.2, 0.25) is 5.91 Å². The van der Waals surface area contributed by atoms with E-state index in [4.69, 9.17) is 37.4 Å². The van der Waals surface area contributed by atoms with E-state index in [0.717, 1.165) is 0 Å². The Bertz CT molecular complexity index is 949. The number of halogens is 2. The number of hydrogen-bond acceptors (Lipinski definition) is 6. The van der Waals surface area contributed by atoms with Crippen LogP contribution in [-0.4, -0.2) is 44.0 Å². The summed E-state index contributed by atoms with van der Waals surface area (Å²) in [5.41, 5.74) is 2.48. The van der Waals surface area contributed by atoms with Crippen LogP contribution >= 0.6 is 23.2 Å². The zero-order valence-electron chi connectivity index (χ0n) is 16.3. The number of amides is 1. The van der Waals surface area contributed by atoms with Gasteiger partial charge in [-0.15, -0.1) is 0 Å². The van der Waals surface area contributed by atoms with Crippen molar-refractivity contribution in [1.29, 1.82) is 0 Å². The molecule has 0 aliphatic rings. The van der Waals surface area contributed by atoms with E-state index in [-0.39, 0.29) is 41.6 Å². The predicted octanol–water partition coefficient (Wildman–Crippen LogP) is 4.02. The Labute approximate surface area is 183 Å². The number of carboxylic acids is 1. The summed E-state index contributed by atoms with van der Waals surface area (Å²) in [5.74, 6) is -0.741. The van der Waals surface area contributed by atoms with Crippen molar-refractivity contribution in [3.8, 4) is 17.2 Å². The Kier molecular flexibility index (Phi) is 8.76. The van der Waals surface area contributed by atoms with Crippen LogP contribution in [0.3, 0.4) is 0 Å². The van der Waals surface area contributed by atoms with Crippen molar-refractivity contribution in [3.63, 3.8) is 0 Å². The fourth-order valence-electron chi connectivity index (χ4n) is 2.51. The van der Waals surface area contributed by atoms with Crippen molar-refractivity contribution in [2.45, 2.75) is 12.8 Å². The van der Waals surface area contributed by atoms with Crippen LogP contribution in [-0.2, 0) is 4.79 Å². The van der Waals surface area contributed by atoms with Crippen LogP contribution in [0.25, 0.3) is 0 Å². The summed E-state index contributed by atoms with van der Waals surface area (Å²) in [7, 11) is 2.74. The average molecular weight is 455 g/mol. The van der Waals surface area contributed by atoms with Crippen LogP contribution in [0.1, 0.15) is 28.8 Å². The molecule has 0 saturated heterocycles. The molecular weight excluding hydrogens is 435 g/mol. The first-order valence-corrected chi connectivity index (χ1v) is 9.51. The first-order chi connectivity index (χ1) is 14.4. The highest BCUT2D eigenvalue weighted by Gasteiger charge is 2.20. The van der Waals surface area contributed by atoms with Crippen LogP contribution in [0.15, 0.2) is 35.4 Å². The van der Waals surface area contributed by atoms with Gasteiger partial charge in [-0.1, -0.05) is 23.2 Å². The standard InChI is InChI=1S/C20H20Cl2N2O6/c1-28-16-7-5-12(18(20(26)27)19(16)29-2)11-23-24-17(25)4-3-9-30-15-8-6-13(21)10-14(15)22/h5-8,10-11H,3-4,9H2,1-2H3,(H,24,25)(H,26,27)/b23-11-. The molecule has 2 N–H and O–H groups in total. The molecule has 10 heteroatoms. The van der Waals surface area contributed by atoms with E-state index < -0.39 is 5.97 Å². The number of nitrogens with one attached hydrogen (secondary N) is 1. The van der Waals surface area contributed by atoms with Crippen molar-refractivity contribution in [1.82, 2.24) is 5.43 Å². The number of hydrogen-bond donors (Lipinski definition) is 2. The van der Waals surface area contributed by atoms with Crippen molar-refractivity contribution in [2.24, 2.45) is 5.10 Å². The molecule has 0 bridgehead atoms. The molecule has 2 rings (SSSR count). The molecule has 8 nitrogen and oxygen atoms in total. The summed E-state index contributed by atoms with van der Waals surface area (Å²) in [6.07, 6.45) is 1.81. The number of rotatable bonds is 10. The third kappa shape index (κ3) is 6.27. The Morgan fingerprint density at radius 3 is 2.50 bits per heavy atom. The molecule has 0 saturated carbocycles. The van der Waals surface area contributed by atoms with Gasteiger partial charge in [0.1, 0.15) is 11.3 Å². The van der Waals surface area contributed by atoms with Crippen LogP contribution in [0.4, 0.5) is 0 Å². The van der Waals surface area contributed by atoms with Gasteiger partial charge in [0, 0.05) is 17.0 Å². The number of methoxy groups -OCH3 is 2. The van der Waals surface area contributed by atoms with Crippen LogP contribution in [0, 0.1) is 0 Å². The maximum atomic E-state index is 11.9. The second kappa shape index (κ2) is 11.3. The topological polar surface area (TPSA) is 106 Å². The number of hydrazone groups is 1. The second-order valence-electron chi connectivity index (χ2n) is 5.89. The molecule has 2 aromatic carbocycles. The molecule has 0 aliphatic carbocycles. The van der Waals surface area contributed by atoms with Gasteiger partial charge < -0.3 is 19.3 Å². The number of ether oxygens (including phenoxy) is 3. The molecule has 0 heterocycles. The highest BCUT2D eigenvalue weighted by atomic mass is 35.5. The van der Waals surface area contributed by atoms with E-state index in [1.165, 1.54) is 26.5 Å². The van der Waals surface area contributed by atoms with Gasteiger partial charge in [0.25, 0.3) is 0 Å². The quantitative estimate of drug-likeness (QED) is 0.319. The molecule has 0 aromatic heterocycles. The number of nitrogens with zero attached hydrogens (tertiary/aromatic N) is 1. The van der Waals surface area contributed by atoms with Gasteiger partial charge in [0.05, 0.1) is 32.1 Å². The van der Waals surface area contributed by atoms with E-state index >= 15 is 0 Å². The molecule has 0 unspecified atom stereocenters. The molecule has 160 valence electrons. The van der Waals surface area contributed by atoms with E-state index in [1.807, 2.05) is 0 Å². The summed E-state index contributed by atoms with van der Waals surface area (Å²) >= 11 is 11.8. The monoisotopic (exact) mass is 454 g/mol. The molecule has 0 atom stereocenters. The first kappa shape index (κ1) is 23.3. The summed E-state index contributed by atoms with van der Waals surface area (Å²) < 4.78 is 15.7. The number of aromatic carboxylic acids is 1. The van der Waals surface area contributed by atoms with Gasteiger partial charge in [-0.2, -0.15) is 5.10 Å². The summed E-state index contributed by atoms with van der Waals surface area (Å²) in [6, 6.07) is 7.93. The predicted molar refractivity (Wildman–Crippen MR) is 113 cm³/mol. The van der Waals surface area contributed by atoms with Crippen LogP contribution in [0.5, 0.6) is 17.2 Å². The highest BCUT2D eigenvalue weighted by Crippen LogP contribution is 2.33. The highest BCUT2D eigenvalue weighted by molar-refractivity contribution is 6.35. The molecule has 30 heavy (non-hydrogen) atoms. The normalized spacial score (nSPS) is 10.7. The average Bonchev–Trinajstić information content (AvgIpc) is 2.71. The van der Waals surface area contributed by atoms with Gasteiger partial charge >= 0.3 is 5.97 Å². The molecule has 1 amide bonds. The van der Waals surface area contributed by atoms with Crippen molar-refractivity contribution >= 4 is 41.3 Å². The molecule has 2 aromatic rings.